The summed E-state index contributed by atoms with van der Waals surface area (Å²) in [6, 6.07) is 14.6. The number of alkyl halides is 3. The molecule has 28 heavy (non-hydrogen) atoms. The van der Waals surface area contributed by atoms with E-state index in [-0.39, 0.29) is 11.7 Å². The van der Waals surface area contributed by atoms with Gasteiger partial charge in [-0.05, 0) is 28.6 Å². The van der Waals surface area contributed by atoms with Gasteiger partial charge in [0.2, 0.25) is 5.82 Å². The Labute approximate surface area is 159 Å². The predicted octanol–water partition coefficient (Wildman–Crippen LogP) is 1.69. The van der Waals surface area contributed by atoms with Crippen molar-refractivity contribution in [3.05, 3.63) is 71.5 Å². The molecular formula is C19H19F3N5O+. The van der Waals surface area contributed by atoms with Gasteiger partial charge in [-0.15, -0.1) is 5.10 Å². The van der Waals surface area contributed by atoms with Crippen molar-refractivity contribution >= 4 is 0 Å². The van der Waals surface area contributed by atoms with Gasteiger partial charge in [-0.1, -0.05) is 36.4 Å². The van der Waals surface area contributed by atoms with Crippen molar-refractivity contribution in [1.29, 1.82) is 0 Å². The molecule has 1 aliphatic rings. The molecule has 1 saturated heterocycles. The maximum Gasteiger partial charge on any atom is 0.416 e. The number of rotatable bonds is 4. The summed E-state index contributed by atoms with van der Waals surface area (Å²) < 4.78 is 46.3. The Morgan fingerprint density at radius 2 is 1.75 bits per heavy atom. The first kappa shape index (κ1) is 18.6. The fraction of sp³-hybridized carbons (Fsp3) is 0.316. The average Bonchev–Trinajstić information content (AvgIpc) is 3.19. The molecule has 9 heteroatoms. The monoisotopic (exact) mass is 390 g/mol. The zero-order valence-corrected chi connectivity index (χ0v) is 14.9. The van der Waals surface area contributed by atoms with Crippen molar-refractivity contribution in [1.82, 2.24) is 20.2 Å². The van der Waals surface area contributed by atoms with Gasteiger partial charge in [-0.2, -0.15) is 17.9 Å². The minimum absolute atomic E-state index is 0.213. The van der Waals surface area contributed by atoms with Crippen LogP contribution >= 0.6 is 0 Å². The number of halogens is 3. The first-order valence-electron chi connectivity index (χ1n) is 8.97. The van der Waals surface area contributed by atoms with E-state index in [2.05, 4.69) is 15.5 Å². The van der Waals surface area contributed by atoms with Crippen LogP contribution in [0.4, 0.5) is 13.2 Å². The maximum atomic E-state index is 13.1. The highest BCUT2D eigenvalue weighted by atomic mass is 19.4. The summed E-state index contributed by atoms with van der Waals surface area (Å²) in [7, 11) is 0. The van der Waals surface area contributed by atoms with Gasteiger partial charge in [0.25, 0.3) is 0 Å². The van der Waals surface area contributed by atoms with Crippen molar-refractivity contribution in [3.63, 3.8) is 0 Å². The predicted molar refractivity (Wildman–Crippen MR) is 94.0 cm³/mol. The first-order chi connectivity index (χ1) is 13.5. The Kier molecular flexibility index (Phi) is 5.10. The lowest BCUT2D eigenvalue weighted by atomic mass is 10.0. The number of tetrazole rings is 1. The van der Waals surface area contributed by atoms with Gasteiger partial charge in [-0.3, -0.25) is 0 Å². The molecule has 2 heterocycles. The molecule has 0 saturated carbocycles. The number of hydrogen-bond donors (Lipinski definition) is 1. The van der Waals surface area contributed by atoms with Crippen molar-refractivity contribution in [3.8, 4) is 5.69 Å². The average molecular weight is 390 g/mol. The summed E-state index contributed by atoms with van der Waals surface area (Å²) in [4.78, 5) is 1.21. The Morgan fingerprint density at radius 3 is 2.46 bits per heavy atom. The molecule has 1 aromatic heterocycles. The summed E-state index contributed by atoms with van der Waals surface area (Å²) in [5.41, 5.74) is 0.548. The molecular weight excluding hydrogens is 371 g/mol. The molecule has 0 aliphatic carbocycles. The molecule has 0 unspecified atom stereocenters. The third-order valence-corrected chi connectivity index (χ3v) is 4.85. The molecule has 0 radical (unpaired) electrons. The van der Waals surface area contributed by atoms with Gasteiger partial charge in [0, 0.05) is 5.56 Å². The maximum absolute atomic E-state index is 13.1. The topological polar surface area (TPSA) is 57.3 Å². The molecule has 4 rings (SSSR count). The van der Waals surface area contributed by atoms with Crippen LogP contribution in [0.1, 0.15) is 23.0 Å². The van der Waals surface area contributed by atoms with Crippen molar-refractivity contribution in [2.45, 2.75) is 12.2 Å². The van der Waals surface area contributed by atoms with Gasteiger partial charge >= 0.3 is 6.18 Å². The summed E-state index contributed by atoms with van der Waals surface area (Å²) >= 11 is 0. The third-order valence-electron chi connectivity index (χ3n) is 4.85. The van der Waals surface area contributed by atoms with E-state index in [1.54, 1.807) is 6.07 Å². The van der Waals surface area contributed by atoms with Crippen LogP contribution in [-0.4, -0.2) is 46.5 Å². The molecule has 1 aliphatic heterocycles. The molecule has 0 spiro atoms. The van der Waals surface area contributed by atoms with Crippen LogP contribution in [0.25, 0.3) is 5.69 Å². The standard InChI is InChI=1S/C19H18F3N5O/c20-19(21,22)15-7-4-8-16(13-15)27-18(23-24-25-27)17(14-5-2-1-3-6-14)26-9-11-28-12-10-26/h1-8,13,17H,9-12H2/p+1/t17-/m1/s1. The minimum atomic E-state index is -4.43. The van der Waals surface area contributed by atoms with E-state index in [0.717, 1.165) is 30.8 Å². The summed E-state index contributed by atoms with van der Waals surface area (Å²) in [5, 5.41) is 12.0. The van der Waals surface area contributed by atoms with Crippen LogP contribution < -0.4 is 4.90 Å². The summed E-state index contributed by atoms with van der Waals surface area (Å²) in [6.45, 7) is 2.75. The van der Waals surface area contributed by atoms with E-state index in [4.69, 9.17) is 4.74 Å². The van der Waals surface area contributed by atoms with E-state index >= 15 is 0 Å². The second-order valence-corrected chi connectivity index (χ2v) is 6.61. The number of nitrogens with one attached hydrogen (secondary N) is 1. The number of benzene rings is 2. The molecule has 1 atom stereocenters. The molecule has 6 nitrogen and oxygen atoms in total. The van der Waals surface area contributed by atoms with Crippen molar-refractivity contribution in [2.24, 2.45) is 0 Å². The van der Waals surface area contributed by atoms with E-state index < -0.39 is 11.7 Å². The second-order valence-electron chi connectivity index (χ2n) is 6.61. The number of nitrogens with zero attached hydrogens (tertiary/aromatic N) is 4. The lowest BCUT2D eigenvalue weighted by molar-refractivity contribution is -0.933. The molecule has 2 aromatic carbocycles. The van der Waals surface area contributed by atoms with Crippen LogP contribution in [0.2, 0.25) is 0 Å². The normalized spacial score (nSPS) is 16.8. The minimum Gasteiger partial charge on any atom is -0.370 e. The van der Waals surface area contributed by atoms with Crippen molar-refractivity contribution < 1.29 is 22.8 Å². The number of morpholine rings is 1. The Hall–Kier alpha value is -2.78. The molecule has 1 N–H and O–H groups in total. The smallest absolute Gasteiger partial charge is 0.370 e. The van der Waals surface area contributed by atoms with Gasteiger partial charge in [-0.25, -0.2) is 0 Å². The Bertz CT molecular complexity index is 923. The molecule has 0 amide bonds. The van der Waals surface area contributed by atoms with Gasteiger partial charge in [0.05, 0.1) is 24.5 Å². The Morgan fingerprint density at radius 1 is 1.00 bits per heavy atom. The van der Waals surface area contributed by atoms with Gasteiger partial charge < -0.3 is 9.64 Å². The largest absolute Gasteiger partial charge is 0.416 e. The number of quaternary nitrogens is 1. The second kappa shape index (κ2) is 7.69. The van der Waals surface area contributed by atoms with Crippen LogP contribution in [0, 0.1) is 0 Å². The number of hydrogen-bond acceptors (Lipinski definition) is 4. The highest BCUT2D eigenvalue weighted by Crippen LogP contribution is 2.30. The van der Waals surface area contributed by atoms with Gasteiger partial charge in [0.1, 0.15) is 13.1 Å². The number of aromatic nitrogens is 4. The highest BCUT2D eigenvalue weighted by Gasteiger charge is 2.34. The first-order valence-corrected chi connectivity index (χ1v) is 8.97. The van der Waals surface area contributed by atoms with Crippen LogP contribution in [0.5, 0.6) is 0 Å². The molecule has 3 aromatic rings. The van der Waals surface area contributed by atoms with Crippen LogP contribution in [-0.2, 0) is 10.9 Å². The van der Waals surface area contributed by atoms with E-state index in [9.17, 15) is 13.2 Å². The quantitative estimate of drug-likeness (QED) is 0.737. The lowest BCUT2D eigenvalue weighted by Gasteiger charge is -2.31. The van der Waals surface area contributed by atoms with E-state index in [1.165, 1.54) is 15.6 Å². The zero-order chi connectivity index (χ0) is 19.6. The zero-order valence-electron chi connectivity index (χ0n) is 14.9. The fourth-order valence-corrected chi connectivity index (χ4v) is 3.51. The fourth-order valence-electron chi connectivity index (χ4n) is 3.51. The van der Waals surface area contributed by atoms with Gasteiger partial charge in [0.15, 0.2) is 6.04 Å². The van der Waals surface area contributed by atoms with E-state index in [1.807, 2.05) is 30.3 Å². The lowest BCUT2D eigenvalue weighted by Crippen LogP contribution is -3.14. The molecule has 146 valence electrons. The summed E-state index contributed by atoms with van der Waals surface area (Å²) in [5.74, 6) is 0.502. The Balaban J connectivity index is 1.79. The molecule has 1 fully saturated rings. The highest BCUT2D eigenvalue weighted by molar-refractivity contribution is 5.37. The van der Waals surface area contributed by atoms with E-state index in [0.29, 0.717) is 19.0 Å². The molecule has 0 bridgehead atoms. The van der Waals surface area contributed by atoms with Crippen LogP contribution in [0.15, 0.2) is 54.6 Å². The third kappa shape index (κ3) is 3.76. The SMILES string of the molecule is FC(F)(F)c1cccc(-n2nnnc2[C@@H](c2ccccc2)[NH+]2CCOCC2)c1. The van der Waals surface area contributed by atoms with Crippen molar-refractivity contribution in [2.75, 3.05) is 26.3 Å². The summed E-state index contributed by atoms with van der Waals surface area (Å²) in [6.07, 6.45) is -4.43. The van der Waals surface area contributed by atoms with Crippen LogP contribution in [0.3, 0.4) is 0 Å². The number of ether oxygens (including phenoxy) is 1.